The van der Waals surface area contributed by atoms with Gasteiger partial charge in [-0.25, -0.2) is 0 Å². The maximum absolute atomic E-state index is 10.6. The van der Waals surface area contributed by atoms with Gasteiger partial charge in [0, 0.05) is 24.5 Å². The molecule has 1 aliphatic rings. The smallest absolute Gasteiger partial charge is 0.104 e. The molecule has 0 amide bonds. The van der Waals surface area contributed by atoms with Crippen LogP contribution in [0, 0.1) is 13.8 Å². The van der Waals surface area contributed by atoms with Gasteiger partial charge >= 0.3 is 0 Å². The quantitative estimate of drug-likeness (QED) is 0.937. The molecule has 3 nitrogen and oxygen atoms in total. The van der Waals surface area contributed by atoms with Crippen molar-refractivity contribution in [1.82, 2.24) is 4.90 Å². The average Bonchev–Trinajstić information content (AvgIpc) is 3.00. The molecule has 0 saturated carbocycles. The average molecular weight is 317 g/mol. The molecule has 2 atom stereocenters. The van der Waals surface area contributed by atoms with Gasteiger partial charge in [0.2, 0.25) is 0 Å². The predicted octanol–water partition coefficient (Wildman–Crippen LogP) is 3.47. The Labute approximate surface area is 136 Å². The Morgan fingerprint density at radius 1 is 1.32 bits per heavy atom. The van der Waals surface area contributed by atoms with E-state index in [1.54, 1.807) is 11.3 Å². The van der Waals surface area contributed by atoms with Gasteiger partial charge in [-0.3, -0.25) is 4.90 Å². The number of benzene rings is 1. The predicted molar refractivity (Wildman–Crippen MR) is 90.3 cm³/mol. The summed E-state index contributed by atoms with van der Waals surface area (Å²) in [6.45, 7) is 7.26. The third-order valence-electron chi connectivity index (χ3n) is 4.07. The molecular formula is C18H23NO2S. The van der Waals surface area contributed by atoms with Crippen LogP contribution < -0.4 is 0 Å². The molecular weight excluding hydrogens is 294 g/mol. The van der Waals surface area contributed by atoms with E-state index < -0.39 is 6.10 Å². The number of rotatable bonds is 4. The number of nitrogens with zero attached hydrogens (tertiary/aromatic N) is 1. The van der Waals surface area contributed by atoms with Gasteiger partial charge in [-0.1, -0.05) is 35.4 Å². The van der Waals surface area contributed by atoms with Crippen molar-refractivity contribution in [3.8, 4) is 0 Å². The summed E-state index contributed by atoms with van der Waals surface area (Å²) >= 11 is 1.74. The van der Waals surface area contributed by atoms with Crippen molar-refractivity contribution in [2.24, 2.45) is 0 Å². The van der Waals surface area contributed by atoms with Gasteiger partial charge in [-0.2, -0.15) is 0 Å². The number of aliphatic hydroxyl groups excluding tert-OH is 1. The van der Waals surface area contributed by atoms with E-state index in [0.717, 1.165) is 25.3 Å². The lowest BCUT2D eigenvalue weighted by Gasteiger charge is -2.33. The Kier molecular flexibility index (Phi) is 4.93. The van der Waals surface area contributed by atoms with E-state index in [0.29, 0.717) is 6.54 Å². The van der Waals surface area contributed by atoms with Crippen LogP contribution in [0.15, 0.2) is 35.7 Å². The lowest BCUT2D eigenvalue weighted by atomic mass is 10.0. The van der Waals surface area contributed by atoms with Gasteiger partial charge in [-0.15, -0.1) is 11.3 Å². The van der Waals surface area contributed by atoms with Crippen LogP contribution in [0.5, 0.6) is 0 Å². The molecule has 0 spiro atoms. The van der Waals surface area contributed by atoms with Gasteiger partial charge in [-0.05, 0) is 30.9 Å². The molecule has 0 bridgehead atoms. The van der Waals surface area contributed by atoms with E-state index in [1.165, 1.54) is 16.0 Å². The maximum Gasteiger partial charge on any atom is 0.104 e. The third kappa shape index (κ3) is 3.76. The highest BCUT2D eigenvalue weighted by Gasteiger charge is 2.24. The Balaban J connectivity index is 1.64. The van der Waals surface area contributed by atoms with Crippen LogP contribution in [0.2, 0.25) is 0 Å². The number of morpholine rings is 1. The minimum Gasteiger partial charge on any atom is -0.387 e. The van der Waals surface area contributed by atoms with E-state index in [9.17, 15) is 5.11 Å². The summed E-state index contributed by atoms with van der Waals surface area (Å²) in [7, 11) is 0. The maximum atomic E-state index is 10.6. The minimum atomic E-state index is -0.444. The summed E-state index contributed by atoms with van der Waals surface area (Å²) < 4.78 is 5.87. The van der Waals surface area contributed by atoms with Crippen LogP contribution in [0.1, 0.15) is 33.8 Å². The molecule has 1 fully saturated rings. The highest BCUT2D eigenvalue weighted by atomic mass is 32.1. The fourth-order valence-electron chi connectivity index (χ4n) is 3.07. The van der Waals surface area contributed by atoms with E-state index in [4.69, 9.17) is 4.74 Å². The molecule has 0 radical (unpaired) electrons. The van der Waals surface area contributed by atoms with Crippen molar-refractivity contribution in [2.75, 3.05) is 26.2 Å². The molecule has 1 N–H and O–H groups in total. The number of ether oxygens (including phenoxy) is 1. The Hall–Kier alpha value is -1.20. The number of thiophene rings is 1. The number of β-amino-alcohol motifs (C(OH)–C–C–N with tert-alkyl or cyclic N) is 1. The lowest BCUT2D eigenvalue weighted by molar-refractivity contribution is -0.0408. The number of hydrogen-bond donors (Lipinski definition) is 1. The SMILES string of the molecule is Cc1cc(C)cc(C(O)CN2CCOC(c3cccs3)C2)c1. The molecule has 118 valence electrons. The zero-order valence-electron chi connectivity index (χ0n) is 13.2. The molecule has 22 heavy (non-hydrogen) atoms. The molecule has 4 heteroatoms. The van der Waals surface area contributed by atoms with Gasteiger partial charge < -0.3 is 9.84 Å². The number of aliphatic hydroxyl groups is 1. The summed E-state index contributed by atoms with van der Waals surface area (Å²) in [6.07, 6.45) is -0.305. The summed E-state index contributed by atoms with van der Waals surface area (Å²) in [6, 6.07) is 10.5. The second-order valence-corrected chi connectivity index (χ2v) is 7.05. The Bertz CT molecular complexity index is 591. The van der Waals surface area contributed by atoms with Gasteiger partial charge in [0.25, 0.3) is 0 Å². The third-order valence-corrected chi connectivity index (χ3v) is 5.04. The highest BCUT2D eigenvalue weighted by Crippen LogP contribution is 2.27. The molecule has 0 aliphatic carbocycles. The van der Waals surface area contributed by atoms with Gasteiger partial charge in [0.05, 0.1) is 12.7 Å². The van der Waals surface area contributed by atoms with E-state index >= 15 is 0 Å². The first kappa shape index (κ1) is 15.7. The van der Waals surface area contributed by atoms with Crippen LogP contribution in [-0.4, -0.2) is 36.2 Å². The zero-order chi connectivity index (χ0) is 15.5. The summed E-state index contributed by atoms with van der Waals surface area (Å²) in [4.78, 5) is 3.57. The number of aryl methyl sites for hydroxylation is 2. The lowest BCUT2D eigenvalue weighted by Crippen LogP contribution is -2.40. The second kappa shape index (κ2) is 6.92. The van der Waals surface area contributed by atoms with E-state index in [2.05, 4.69) is 54.5 Å². The first-order chi connectivity index (χ1) is 10.6. The zero-order valence-corrected chi connectivity index (χ0v) is 14.0. The van der Waals surface area contributed by atoms with Crippen molar-refractivity contribution in [1.29, 1.82) is 0 Å². The molecule has 2 heterocycles. The topological polar surface area (TPSA) is 32.7 Å². The second-order valence-electron chi connectivity index (χ2n) is 6.07. The van der Waals surface area contributed by atoms with Crippen molar-refractivity contribution in [3.05, 3.63) is 57.3 Å². The molecule has 2 unspecified atom stereocenters. The first-order valence-corrected chi connectivity index (χ1v) is 8.63. The Morgan fingerprint density at radius 2 is 2.09 bits per heavy atom. The summed E-state index contributed by atoms with van der Waals surface area (Å²) in [5.74, 6) is 0. The van der Waals surface area contributed by atoms with Crippen LogP contribution in [0.4, 0.5) is 0 Å². The normalized spacial score (nSPS) is 21.0. The number of hydrogen-bond acceptors (Lipinski definition) is 4. The largest absolute Gasteiger partial charge is 0.387 e. The fraction of sp³-hybridized carbons (Fsp3) is 0.444. The molecule has 3 rings (SSSR count). The standard InChI is InChI=1S/C18H23NO2S/c1-13-8-14(2)10-15(9-13)16(20)11-19-5-6-21-17(12-19)18-4-3-7-22-18/h3-4,7-10,16-17,20H,5-6,11-12H2,1-2H3. The summed E-state index contributed by atoms with van der Waals surface area (Å²) in [5.41, 5.74) is 3.41. The van der Waals surface area contributed by atoms with Crippen LogP contribution >= 0.6 is 11.3 Å². The van der Waals surface area contributed by atoms with Crippen molar-refractivity contribution in [2.45, 2.75) is 26.1 Å². The highest BCUT2D eigenvalue weighted by molar-refractivity contribution is 7.10. The van der Waals surface area contributed by atoms with Gasteiger partial charge in [0.1, 0.15) is 6.10 Å². The monoisotopic (exact) mass is 317 g/mol. The van der Waals surface area contributed by atoms with Crippen LogP contribution in [-0.2, 0) is 4.74 Å². The van der Waals surface area contributed by atoms with Gasteiger partial charge in [0.15, 0.2) is 0 Å². The first-order valence-electron chi connectivity index (χ1n) is 7.75. The van der Waals surface area contributed by atoms with Crippen molar-refractivity contribution < 1.29 is 9.84 Å². The van der Waals surface area contributed by atoms with Crippen LogP contribution in [0.3, 0.4) is 0 Å². The Morgan fingerprint density at radius 3 is 2.77 bits per heavy atom. The molecule has 1 aromatic carbocycles. The van der Waals surface area contributed by atoms with E-state index in [1.807, 2.05) is 0 Å². The van der Waals surface area contributed by atoms with Crippen molar-refractivity contribution >= 4 is 11.3 Å². The van der Waals surface area contributed by atoms with Crippen LogP contribution in [0.25, 0.3) is 0 Å². The molecule has 1 saturated heterocycles. The minimum absolute atomic E-state index is 0.139. The van der Waals surface area contributed by atoms with Crippen molar-refractivity contribution in [3.63, 3.8) is 0 Å². The van der Waals surface area contributed by atoms with E-state index in [-0.39, 0.29) is 6.10 Å². The molecule has 1 aromatic heterocycles. The summed E-state index contributed by atoms with van der Waals surface area (Å²) in [5, 5.41) is 12.6. The molecule has 2 aromatic rings. The fourth-order valence-corrected chi connectivity index (χ4v) is 3.83. The molecule has 1 aliphatic heterocycles.